The molecule has 1 aromatic rings. The van der Waals surface area contributed by atoms with Crippen LogP contribution in [0.1, 0.15) is 32.1 Å². The molecule has 0 unspecified atom stereocenters. The zero-order chi connectivity index (χ0) is 14.7. The number of likely N-dealkylation sites (tertiary alicyclic amines) is 1. The van der Waals surface area contributed by atoms with Crippen molar-refractivity contribution in [2.75, 3.05) is 25.5 Å². The summed E-state index contributed by atoms with van der Waals surface area (Å²) in [4.78, 5) is 2.35. The first-order valence-corrected chi connectivity index (χ1v) is 8.37. The summed E-state index contributed by atoms with van der Waals surface area (Å²) in [6, 6.07) is 7.95. The van der Waals surface area contributed by atoms with Gasteiger partial charge >= 0.3 is 0 Å². The first kappa shape index (κ1) is 14.6. The maximum absolute atomic E-state index is 5.60. The van der Waals surface area contributed by atoms with Gasteiger partial charge in [-0.3, -0.25) is 0 Å². The maximum atomic E-state index is 5.60. The number of hydrogen-bond acceptors (Lipinski definition) is 2. The third kappa shape index (κ3) is 3.49. The van der Waals surface area contributed by atoms with Crippen molar-refractivity contribution in [3.05, 3.63) is 24.3 Å². The molecule has 0 bridgehead atoms. The van der Waals surface area contributed by atoms with Crippen LogP contribution in [0.25, 0.3) is 0 Å². The Labute approximate surface area is 132 Å². The first-order valence-electron chi connectivity index (χ1n) is 7.96. The number of methoxy groups -OCH3 is 1. The quantitative estimate of drug-likeness (QED) is 0.837. The predicted octanol–water partition coefficient (Wildman–Crippen LogP) is 3.90. The minimum atomic E-state index is 0.845. The summed E-state index contributed by atoms with van der Waals surface area (Å²) < 4.78 is 5.26. The van der Waals surface area contributed by atoms with E-state index in [0.29, 0.717) is 0 Å². The molecule has 1 saturated carbocycles. The number of hydrogen-bond donors (Lipinski definition) is 1. The van der Waals surface area contributed by atoms with Gasteiger partial charge in [0.25, 0.3) is 0 Å². The molecule has 1 aromatic carbocycles. The Morgan fingerprint density at radius 2 is 2.05 bits per heavy atom. The molecule has 1 aliphatic heterocycles. The molecule has 2 fully saturated rings. The molecule has 4 heteroatoms. The van der Waals surface area contributed by atoms with Crippen molar-refractivity contribution in [3.63, 3.8) is 0 Å². The highest BCUT2D eigenvalue weighted by Crippen LogP contribution is 2.36. The van der Waals surface area contributed by atoms with Gasteiger partial charge < -0.3 is 15.0 Å². The topological polar surface area (TPSA) is 24.5 Å². The molecule has 0 aromatic heterocycles. The van der Waals surface area contributed by atoms with Gasteiger partial charge in [-0.2, -0.15) is 0 Å². The van der Waals surface area contributed by atoms with Crippen LogP contribution in [-0.4, -0.2) is 30.2 Å². The van der Waals surface area contributed by atoms with E-state index in [4.69, 9.17) is 17.0 Å². The van der Waals surface area contributed by atoms with Crippen LogP contribution in [-0.2, 0) is 0 Å². The van der Waals surface area contributed by atoms with Gasteiger partial charge in [-0.15, -0.1) is 0 Å². The third-order valence-corrected chi connectivity index (χ3v) is 5.26. The van der Waals surface area contributed by atoms with Crippen LogP contribution in [0.4, 0.5) is 5.69 Å². The second kappa shape index (κ2) is 6.65. The molecule has 1 saturated heterocycles. The highest BCUT2D eigenvalue weighted by atomic mass is 32.1. The summed E-state index contributed by atoms with van der Waals surface area (Å²) in [5, 5.41) is 4.21. The Hall–Kier alpha value is -1.29. The van der Waals surface area contributed by atoms with Crippen molar-refractivity contribution in [2.45, 2.75) is 32.1 Å². The zero-order valence-electron chi connectivity index (χ0n) is 12.7. The average molecular weight is 304 g/mol. The smallest absolute Gasteiger partial charge is 0.173 e. The van der Waals surface area contributed by atoms with Crippen molar-refractivity contribution < 1.29 is 4.74 Å². The molecule has 2 atom stereocenters. The van der Waals surface area contributed by atoms with Crippen LogP contribution in [0.15, 0.2) is 24.3 Å². The largest absolute Gasteiger partial charge is 0.497 e. The maximum Gasteiger partial charge on any atom is 0.173 e. The molecule has 114 valence electrons. The summed E-state index contributed by atoms with van der Waals surface area (Å²) in [5.41, 5.74) is 1.00. The van der Waals surface area contributed by atoms with Crippen molar-refractivity contribution >= 4 is 23.0 Å². The molecule has 1 heterocycles. The second-order valence-corrected chi connectivity index (χ2v) is 6.59. The highest BCUT2D eigenvalue weighted by molar-refractivity contribution is 7.80. The van der Waals surface area contributed by atoms with Gasteiger partial charge in [-0.25, -0.2) is 0 Å². The third-order valence-electron chi connectivity index (χ3n) is 4.90. The van der Waals surface area contributed by atoms with Gasteiger partial charge in [0.05, 0.1) is 7.11 Å². The zero-order valence-corrected chi connectivity index (χ0v) is 13.5. The molecule has 1 N–H and O–H groups in total. The number of benzene rings is 1. The highest BCUT2D eigenvalue weighted by Gasteiger charge is 2.31. The van der Waals surface area contributed by atoms with Gasteiger partial charge in [0.2, 0.25) is 0 Å². The lowest BCUT2D eigenvalue weighted by Crippen LogP contribution is -2.46. The Morgan fingerprint density at radius 3 is 2.86 bits per heavy atom. The fourth-order valence-corrected chi connectivity index (χ4v) is 3.97. The van der Waals surface area contributed by atoms with Crippen molar-refractivity contribution in [3.8, 4) is 5.75 Å². The standard InChI is InChI=1S/C17H24N2OS/c1-20-16-8-4-7-15(11-16)18-17(21)19-10-9-13-5-2-3-6-14(13)12-19/h4,7-8,11,13-14H,2-3,5-6,9-10,12H2,1H3,(H,18,21)/t13-,14+/m1/s1. The molecule has 0 spiro atoms. The van der Waals surface area contributed by atoms with Crippen molar-refractivity contribution in [1.82, 2.24) is 4.90 Å². The molecular weight excluding hydrogens is 280 g/mol. The molecule has 1 aliphatic carbocycles. The summed E-state index contributed by atoms with van der Waals surface area (Å²) in [6.07, 6.45) is 6.92. The second-order valence-electron chi connectivity index (χ2n) is 6.20. The van der Waals surface area contributed by atoms with Gasteiger partial charge in [0.15, 0.2) is 5.11 Å². The van der Waals surface area contributed by atoms with E-state index in [-0.39, 0.29) is 0 Å². The molecule has 3 rings (SSSR count). The van der Waals surface area contributed by atoms with E-state index in [2.05, 4.69) is 10.2 Å². The molecule has 0 radical (unpaired) electrons. The number of rotatable bonds is 2. The fraction of sp³-hybridized carbons (Fsp3) is 0.588. The average Bonchev–Trinajstić information content (AvgIpc) is 2.54. The lowest BCUT2D eigenvalue weighted by atomic mass is 9.75. The lowest BCUT2D eigenvalue weighted by molar-refractivity contribution is 0.131. The Morgan fingerprint density at radius 1 is 1.24 bits per heavy atom. The van der Waals surface area contributed by atoms with E-state index in [1.165, 1.54) is 32.1 Å². The van der Waals surface area contributed by atoms with E-state index in [9.17, 15) is 0 Å². The number of anilines is 1. The SMILES string of the molecule is COc1cccc(NC(=S)N2CC[C@H]3CCCC[C@H]3C2)c1. The summed E-state index contributed by atoms with van der Waals surface area (Å²) in [7, 11) is 1.69. The van der Waals surface area contributed by atoms with E-state index in [1.807, 2.05) is 24.3 Å². The normalized spacial score (nSPS) is 25.1. The number of thiocarbonyl (C=S) groups is 1. The molecule has 21 heavy (non-hydrogen) atoms. The molecule has 0 amide bonds. The molecule has 3 nitrogen and oxygen atoms in total. The number of ether oxygens (including phenoxy) is 1. The Bertz CT molecular complexity index is 505. The van der Waals surface area contributed by atoms with Crippen molar-refractivity contribution in [2.24, 2.45) is 11.8 Å². The van der Waals surface area contributed by atoms with Gasteiger partial charge in [-0.1, -0.05) is 25.3 Å². The Kier molecular flexibility index (Phi) is 4.63. The Balaban J connectivity index is 1.60. The van der Waals surface area contributed by atoms with Gasteiger partial charge in [-0.05, 0) is 49.0 Å². The molecular formula is C17H24N2OS. The summed E-state index contributed by atoms with van der Waals surface area (Å²) >= 11 is 5.60. The number of fused-ring (bicyclic) bond motifs is 1. The van der Waals surface area contributed by atoms with E-state index in [1.54, 1.807) is 7.11 Å². The van der Waals surface area contributed by atoms with Crippen LogP contribution >= 0.6 is 12.2 Å². The first-order chi connectivity index (χ1) is 10.3. The van der Waals surface area contributed by atoms with Crippen molar-refractivity contribution in [1.29, 1.82) is 0 Å². The number of nitrogens with one attached hydrogen (secondary N) is 1. The lowest BCUT2D eigenvalue weighted by Gasteiger charge is -2.42. The van der Waals surface area contributed by atoms with Crippen LogP contribution in [0.3, 0.4) is 0 Å². The summed E-state index contributed by atoms with van der Waals surface area (Å²) in [5.74, 6) is 2.64. The minimum Gasteiger partial charge on any atom is -0.497 e. The predicted molar refractivity (Wildman–Crippen MR) is 90.9 cm³/mol. The van der Waals surface area contributed by atoms with Crippen LogP contribution in [0.5, 0.6) is 5.75 Å². The van der Waals surface area contributed by atoms with E-state index >= 15 is 0 Å². The van der Waals surface area contributed by atoms with E-state index < -0.39 is 0 Å². The monoisotopic (exact) mass is 304 g/mol. The van der Waals surface area contributed by atoms with Gasteiger partial charge in [0, 0.05) is 24.8 Å². The van der Waals surface area contributed by atoms with Gasteiger partial charge in [0.1, 0.15) is 5.75 Å². The van der Waals surface area contributed by atoms with Crippen LogP contribution in [0.2, 0.25) is 0 Å². The summed E-state index contributed by atoms with van der Waals surface area (Å²) in [6.45, 7) is 2.22. The van der Waals surface area contributed by atoms with Crippen LogP contribution < -0.4 is 10.1 Å². The fourth-order valence-electron chi connectivity index (χ4n) is 3.69. The minimum absolute atomic E-state index is 0.845. The number of piperidine rings is 1. The molecule has 2 aliphatic rings. The van der Waals surface area contributed by atoms with Crippen LogP contribution in [0, 0.1) is 11.8 Å². The number of nitrogens with zero attached hydrogens (tertiary/aromatic N) is 1. The van der Waals surface area contributed by atoms with E-state index in [0.717, 1.165) is 41.5 Å².